The Labute approximate surface area is 841 Å². The van der Waals surface area contributed by atoms with Crippen molar-refractivity contribution in [3.63, 3.8) is 0 Å². The van der Waals surface area contributed by atoms with Gasteiger partial charge in [0.05, 0.1) is 19.6 Å². The number of β-amino-alcohol motifs (C(OH)–C–C–N with tert-alkyl or cyclic N) is 1. The quantitative estimate of drug-likeness (QED) is 0.0243. The predicted octanol–water partition coefficient (Wildman–Crippen LogP) is 19.8. The van der Waals surface area contributed by atoms with Gasteiger partial charge in [-0.3, -0.25) is 81.9 Å². The minimum atomic E-state index is -1.17. The van der Waals surface area contributed by atoms with Crippen molar-refractivity contribution in [2.75, 3.05) is 46.1 Å². The standard InChI is InChI=1S/C21H13NO3.C21H15NO2.C19H15NO6.C18H15NO5.C18H15NO4.C14H11NO2.C8H8/c1-2-13-9-11-15(12-10-13)19(23)22-20(24)16-7-3-5-14-6-4-8-17(18(14)16)21(22)25;1-2-14-9-11-15(12-10-14)13-22-20(23)17-7-3-5-16-6-4-8-18(19(16)17)21(22)24;1-11(2)18(23)25-9-10-26-19(24)20-16(21)13-7-3-5-12-6-4-8-14(15(12)13)17(20)22;1-2-15(21)24-10-12(20)9-19-17(22)13-7-3-5-11-6-4-8-14(16(11)13)18(19)23;1-11(2)18(22)23-10-9-19-16(20)13-7-3-5-12-6-4-8-14(15(12)13)17(19)21;1-2-15-13(16)10-7-3-5-9-6-4-8-11(12(9)10)14(15)17;1-2-8-6-4-3-5-7-8/h2-12H,1H2;2-12H,1,13H2;3-8H,1,9-10H2,2H3;2-8,12,20H,1,9-10H2;3-8H,1,9-10H2,2H3;3-8H,2H2,1H3;2-7H,1H2. The second-order valence-corrected chi connectivity index (χ2v) is 33.8. The van der Waals surface area contributed by atoms with Crippen molar-refractivity contribution in [1.29, 1.82) is 0 Å². The lowest BCUT2D eigenvalue weighted by atomic mass is 9.93. The molecule has 6 aliphatic heterocycles. The number of carbonyl (C=O) groups is 17. The zero-order chi connectivity index (χ0) is 105. The number of amides is 14. The number of esters is 3. The largest absolute Gasteiger partial charge is 0.460 e. The molecule has 14 amide bonds. The third-order valence-electron chi connectivity index (χ3n) is 24.4. The molecule has 1 unspecified atom stereocenters. The van der Waals surface area contributed by atoms with Crippen LogP contribution in [0.15, 0.2) is 354 Å². The van der Waals surface area contributed by atoms with Gasteiger partial charge in [0.25, 0.3) is 76.8 Å². The number of benzene rings is 15. The van der Waals surface area contributed by atoms with Crippen LogP contribution in [0.1, 0.15) is 178 Å². The third-order valence-corrected chi connectivity index (χ3v) is 24.4. The Hall–Kier alpha value is -19.4. The molecule has 28 heteroatoms. The fraction of sp³-hybridized carbons (Fsp3) is 0.101. The molecule has 0 saturated carbocycles. The van der Waals surface area contributed by atoms with E-state index in [1.165, 1.54) is 29.2 Å². The zero-order valence-corrected chi connectivity index (χ0v) is 79.8. The Bertz CT molecular complexity index is 7800. The lowest BCUT2D eigenvalue weighted by molar-refractivity contribution is -0.141. The van der Waals surface area contributed by atoms with Gasteiger partial charge in [0.1, 0.15) is 32.5 Å². The number of aliphatic hydroxyl groups excluding tert-OH is 1. The maximum absolute atomic E-state index is 12.8. The highest BCUT2D eigenvalue weighted by molar-refractivity contribution is 6.35. The highest BCUT2D eigenvalue weighted by atomic mass is 16.6. The number of nitrogens with zero attached hydrogens (tertiary/aromatic N) is 6. The van der Waals surface area contributed by atoms with Crippen LogP contribution < -0.4 is 0 Å². The summed E-state index contributed by atoms with van der Waals surface area (Å²) in [6, 6.07) is 88.2. The summed E-state index contributed by atoms with van der Waals surface area (Å²) in [5.41, 5.74) is 10.2. The topological polar surface area (TPSA) is 367 Å². The van der Waals surface area contributed by atoms with E-state index >= 15 is 0 Å². The van der Waals surface area contributed by atoms with Crippen LogP contribution in [0.2, 0.25) is 0 Å². The summed E-state index contributed by atoms with van der Waals surface area (Å²) in [4.78, 5) is 216. The molecule has 15 aromatic rings. The summed E-state index contributed by atoms with van der Waals surface area (Å²) >= 11 is 0. The van der Waals surface area contributed by atoms with Gasteiger partial charge in [0, 0.05) is 128 Å². The van der Waals surface area contributed by atoms with Gasteiger partial charge in [-0.2, -0.15) is 4.90 Å². The number of hydrogen-bond acceptors (Lipinski definition) is 22. The molecule has 0 aliphatic carbocycles. The van der Waals surface area contributed by atoms with E-state index in [-0.39, 0.29) is 109 Å². The van der Waals surface area contributed by atoms with Gasteiger partial charge in [-0.25, -0.2) is 24.1 Å². The number of aliphatic hydroxyl groups is 1. The molecule has 0 radical (unpaired) electrons. The van der Waals surface area contributed by atoms with Gasteiger partial charge < -0.3 is 24.1 Å². The van der Waals surface area contributed by atoms with E-state index in [0.29, 0.717) is 88.6 Å². The van der Waals surface area contributed by atoms with E-state index in [4.69, 9.17) is 18.9 Å². The van der Waals surface area contributed by atoms with Crippen LogP contribution in [0, 0.1) is 0 Å². The number of carbonyl (C=O) groups excluding carboxylic acids is 17. The van der Waals surface area contributed by atoms with Crippen LogP contribution in [0.5, 0.6) is 0 Å². The summed E-state index contributed by atoms with van der Waals surface area (Å²) in [7, 11) is 0. The van der Waals surface area contributed by atoms with Crippen molar-refractivity contribution in [1.82, 2.24) is 29.4 Å². The first kappa shape index (κ1) is 102. The molecule has 0 fully saturated rings. The van der Waals surface area contributed by atoms with Gasteiger partial charge in [0.2, 0.25) is 0 Å². The van der Waals surface area contributed by atoms with E-state index in [1.807, 2.05) is 153 Å². The van der Waals surface area contributed by atoms with E-state index < -0.39 is 71.5 Å². The molecule has 28 nitrogen and oxygen atoms in total. The molecule has 147 heavy (non-hydrogen) atoms. The molecule has 730 valence electrons. The molecule has 0 aromatic heterocycles. The SMILES string of the molecule is C=C(C)C(=O)OCCN1C(=O)c2cccc3cccc(c23)C1=O.C=C(C)C(=O)OCCOC(=O)N1C(=O)c2cccc3cccc(c23)C1=O.C=CC(=O)OCC(O)CN1C(=O)c2cccc3cccc(c23)C1=O.C=Cc1ccc(C(=O)N2C(=O)c3cccc4cccc(c34)C2=O)cc1.C=Cc1ccc(CN2C(=O)c3cccc4cccc(c34)C2=O)cc1.C=Cc1ccccc1.CCN1C(=O)c2cccc3cccc(c23)C1=O. The van der Waals surface area contributed by atoms with Crippen molar-refractivity contribution in [3.05, 3.63) is 449 Å². The van der Waals surface area contributed by atoms with Crippen molar-refractivity contribution in [3.8, 4) is 0 Å². The van der Waals surface area contributed by atoms with E-state index in [2.05, 4.69) is 39.5 Å². The molecule has 6 heterocycles. The first-order valence-corrected chi connectivity index (χ1v) is 46.2. The molecule has 15 aromatic carbocycles. The van der Waals surface area contributed by atoms with Crippen LogP contribution in [0.25, 0.3) is 82.9 Å². The van der Waals surface area contributed by atoms with Crippen LogP contribution >= 0.6 is 0 Å². The normalized spacial score (nSPS) is 13.3. The second kappa shape index (κ2) is 45.1. The number of rotatable bonds is 20. The Morgan fingerprint density at radius 1 is 0.306 bits per heavy atom. The van der Waals surface area contributed by atoms with E-state index in [1.54, 1.807) is 170 Å². The molecule has 0 saturated heterocycles. The van der Waals surface area contributed by atoms with Gasteiger partial charge >= 0.3 is 24.0 Å². The smallest absolute Gasteiger partial charge is 0.424 e. The molecule has 1 N–H and O–H groups in total. The Morgan fingerprint density at radius 2 is 0.585 bits per heavy atom. The van der Waals surface area contributed by atoms with Crippen molar-refractivity contribution >= 4 is 184 Å². The monoisotopic (exact) mass is 1960 g/mol. The molecule has 1 atom stereocenters. The van der Waals surface area contributed by atoms with Gasteiger partial charge in [-0.15, -0.1) is 0 Å². The predicted molar refractivity (Wildman–Crippen MR) is 555 cm³/mol. The molecule has 0 bridgehead atoms. The Morgan fingerprint density at radius 3 is 0.891 bits per heavy atom. The summed E-state index contributed by atoms with van der Waals surface area (Å²) < 4.78 is 19.4. The lowest BCUT2D eigenvalue weighted by Gasteiger charge is -2.28. The fourth-order valence-electron chi connectivity index (χ4n) is 17.3. The van der Waals surface area contributed by atoms with E-state index in [0.717, 1.165) is 80.6 Å². The number of imide groups is 10. The highest BCUT2D eigenvalue weighted by Crippen LogP contribution is 2.38. The first-order chi connectivity index (χ1) is 70.9. The van der Waals surface area contributed by atoms with Crippen molar-refractivity contribution in [2.24, 2.45) is 0 Å². The average Bonchev–Trinajstić information content (AvgIpc) is 0.748. The summed E-state index contributed by atoms with van der Waals surface area (Å²) in [6.07, 6.45) is 3.94. The zero-order valence-electron chi connectivity index (χ0n) is 79.8. The van der Waals surface area contributed by atoms with Crippen LogP contribution in [0.4, 0.5) is 4.79 Å². The summed E-state index contributed by atoms with van der Waals surface area (Å²) in [5.74, 6) is -7.69. The molecule has 21 rings (SSSR count). The van der Waals surface area contributed by atoms with Crippen molar-refractivity contribution < 1.29 is 106 Å². The number of ether oxygens (including phenoxy) is 4. The molecule has 0 spiro atoms. The van der Waals surface area contributed by atoms with Crippen LogP contribution in [-0.2, 0) is 39.9 Å². The maximum Gasteiger partial charge on any atom is 0.424 e. The van der Waals surface area contributed by atoms with Gasteiger partial charge in [0.15, 0.2) is 0 Å². The summed E-state index contributed by atoms with van der Waals surface area (Å²) in [6.45, 7) is 25.6. The lowest BCUT2D eigenvalue weighted by Crippen LogP contribution is -2.45. The minimum absolute atomic E-state index is 0.0153. The molecular weight excluding hydrogens is 1870 g/mol. The average molecular weight is 1960 g/mol. The van der Waals surface area contributed by atoms with Gasteiger partial charge in [-0.05, 0) is 160 Å². The van der Waals surface area contributed by atoms with Gasteiger partial charge in [-0.1, -0.05) is 270 Å². The highest BCUT2D eigenvalue weighted by Gasteiger charge is 2.42. The molecular formula is C119H92N6O22. The van der Waals surface area contributed by atoms with Crippen molar-refractivity contribution in [2.45, 2.75) is 33.4 Å². The fourth-order valence-corrected chi connectivity index (χ4v) is 17.3. The number of hydrogen-bond donors (Lipinski definition) is 1. The third kappa shape index (κ3) is 21.2. The second-order valence-electron chi connectivity index (χ2n) is 33.8. The summed E-state index contributed by atoms with van der Waals surface area (Å²) in [5, 5.41) is 19.0. The first-order valence-electron chi connectivity index (χ1n) is 46.2. The Balaban J connectivity index is 0.000000131. The maximum atomic E-state index is 12.8. The molecule has 6 aliphatic rings. The Kier molecular flexibility index (Phi) is 31.3. The van der Waals surface area contributed by atoms with Crippen LogP contribution in [-0.4, -0.2) is 187 Å². The minimum Gasteiger partial charge on any atom is -0.460 e. The van der Waals surface area contributed by atoms with E-state index in [9.17, 15) is 86.6 Å². The van der Waals surface area contributed by atoms with Crippen LogP contribution in [0.3, 0.4) is 0 Å².